The number of benzene rings is 2. The van der Waals surface area contributed by atoms with Crippen molar-refractivity contribution < 1.29 is 14.3 Å². The van der Waals surface area contributed by atoms with Gasteiger partial charge in [-0.2, -0.15) is 0 Å². The summed E-state index contributed by atoms with van der Waals surface area (Å²) in [5.74, 6) is -1.33. The fraction of sp³-hybridized carbons (Fsp3) is 0.200. The van der Waals surface area contributed by atoms with Crippen LogP contribution in [0.4, 0.5) is 10.8 Å². The van der Waals surface area contributed by atoms with Crippen LogP contribution < -0.4 is 16.2 Å². The van der Waals surface area contributed by atoms with Gasteiger partial charge in [-0.15, -0.1) is 11.3 Å². The van der Waals surface area contributed by atoms with E-state index in [2.05, 4.69) is 15.6 Å². The zero-order chi connectivity index (χ0) is 24.9. The van der Waals surface area contributed by atoms with Gasteiger partial charge in [0.2, 0.25) is 0 Å². The summed E-state index contributed by atoms with van der Waals surface area (Å²) in [5.41, 5.74) is 2.18. The number of nitrogens with one attached hydrogen (secondary N) is 2. The SMILES string of the molecule is Cc1c(NC(=O)C(C)OC(=O)c2csc(NCc3ccccc3)n2)c(=O)n(-c2ccccc2)n1C. The molecule has 2 heterocycles. The van der Waals surface area contributed by atoms with Crippen LogP contribution in [-0.4, -0.2) is 32.3 Å². The van der Waals surface area contributed by atoms with E-state index in [1.54, 1.807) is 36.2 Å². The van der Waals surface area contributed by atoms with Gasteiger partial charge in [0.15, 0.2) is 16.9 Å². The minimum atomic E-state index is -1.13. The third-order valence-corrected chi connectivity index (χ3v) is 6.26. The normalized spacial score (nSPS) is 11.6. The first-order valence-corrected chi connectivity index (χ1v) is 11.8. The highest BCUT2D eigenvalue weighted by atomic mass is 32.1. The van der Waals surface area contributed by atoms with Crippen LogP contribution in [0.25, 0.3) is 5.69 Å². The van der Waals surface area contributed by atoms with Crippen molar-refractivity contribution in [3.05, 3.63) is 93.3 Å². The van der Waals surface area contributed by atoms with Gasteiger partial charge >= 0.3 is 5.97 Å². The Labute approximate surface area is 206 Å². The van der Waals surface area contributed by atoms with Gasteiger partial charge in [0.25, 0.3) is 11.5 Å². The maximum absolute atomic E-state index is 13.0. The summed E-state index contributed by atoms with van der Waals surface area (Å²) in [6.07, 6.45) is -1.13. The molecule has 0 radical (unpaired) electrons. The molecule has 180 valence electrons. The van der Waals surface area contributed by atoms with Crippen molar-refractivity contribution in [3.63, 3.8) is 0 Å². The first-order valence-electron chi connectivity index (χ1n) is 10.9. The second kappa shape index (κ2) is 10.4. The molecule has 4 rings (SSSR count). The third kappa shape index (κ3) is 5.33. The Balaban J connectivity index is 1.39. The Hall–Kier alpha value is -4.18. The van der Waals surface area contributed by atoms with E-state index in [1.807, 2.05) is 48.5 Å². The highest BCUT2D eigenvalue weighted by Gasteiger charge is 2.24. The van der Waals surface area contributed by atoms with E-state index in [0.29, 0.717) is 23.1 Å². The van der Waals surface area contributed by atoms with Crippen LogP contribution in [0.1, 0.15) is 28.7 Å². The van der Waals surface area contributed by atoms with Crippen molar-refractivity contribution in [2.75, 3.05) is 10.6 Å². The van der Waals surface area contributed by atoms with Gasteiger partial charge in [0.05, 0.1) is 11.4 Å². The van der Waals surface area contributed by atoms with E-state index in [9.17, 15) is 14.4 Å². The Morgan fingerprint density at radius 1 is 1.09 bits per heavy atom. The summed E-state index contributed by atoms with van der Waals surface area (Å²) in [4.78, 5) is 42.5. The topological polar surface area (TPSA) is 107 Å². The molecule has 0 spiro atoms. The molecular formula is C25H25N5O4S. The van der Waals surface area contributed by atoms with Crippen molar-refractivity contribution >= 4 is 34.0 Å². The number of amides is 1. The summed E-state index contributed by atoms with van der Waals surface area (Å²) >= 11 is 1.27. The van der Waals surface area contributed by atoms with Crippen LogP contribution in [0.3, 0.4) is 0 Å². The second-order valence-electron chi connectivity index (χ2n) is 7.85. The summed E-state index contributed by atoms with van der Waals surface area (Å²) in [6.45, 7) is 3.74. The molecule has 1 unspecified atom stereocenters. The average Bonchev–Trinajstić information content (AvgIpc) is 3.43. The summed E-state index contributed by atoms with van der Waals surface area (Å²) in [5, 5.41) is 7.91. The van der Waals surface area contributed by atoms with Gasteiger partial charge in [-0.1, -0.05) is 48.5 Å². The lowest BCUT2D eigenvalue weighted by Gasteiger charge is -2.12. The fourth-order valence-electron chi connectivity index (χ4n) is 3.43. The lowest BCUT2D eigenvalue weighted by atomic mass is 10.2. The minimum Gasteiger partial charge on any atom is -0.448 e. The van der Waals surface area contributed by atoms with E-state index in [1.165, 1.54) is 22.9 Å². The van der Waals surface area contributed by atoms with Crippen molar-refractivity contribution in [1.82, 2.24) is 14.3 Å². The minimum absolute atomic E-state index is 0.104. The van der Waals surface area contributed by atoms with Gasteiger partial charge in [0, 0.05) is 19.0 Å². The van der Waals surface area contributed by atoms with E-state index in [0.717, 1.165) is 5.56 Å². The van der Waals surface area contributed by atoms with Gasteiger partial charge in [-0.25, -0.2) is 14.5 Å². The first kappa shape index (κ1) is 24.0. The molecule has 0 saturated heterocycles. The average molecular weight is 492 g/mol. The number of carbonyl (C=O) groups is 2. The Morgan fingerprint density at radius 2 is 1.74 bits per heavy atom. The van der Waals surface area contributed by atoms with E-state index >= 15 is 0 Å². The molecule has 10 heteroatoms. The first-order chi connectivity index (χ1) is 16.8. The monoisotopic (exact) mass is 491 g/mol. The standard InChI is InChI=1S/C25H25N5O4S/c1-16-21(23(32)30(29(16)3)19-12-8-5-9-13-19)28-22(31)17(2)34-24(33)20-15-35-25(27-20)26-14-18-10-6-4-7-11-18/h4-13,15,17H,14H2,1-3H3,(H,26,27)(H,28,31). The molecule has 0 fully saturated rings. The maximum atomic E-state index is 13.0. The van der Waals surface area contributed by atoms with E-state index < -0.39 is 18.0 Å². The third-order valence-electron chi connectivity index (χ3n) is 5.46. The molecule has 0 saturated carbocycles. The van der Waals surface area contributed by atoms with E-state index in [4.69, 9.17) is 4.74 Å². The molecule has 2 aromatic carbocycles. The van der Waals surface area contributed by atoms with Crippen molar-refractivity contribution in [3.8, 4) is 5.69 Å². The highest BCUT2D eigenvalue weighted by molar-refractivity contribution is 7.13. The van der Waals surface area contributed by atoms with Crippen LogP contribution in [0, 0.1) is 6.92 Å². The lowest BCUT2D eigenvalue weighted by molar-refractivity contribution is -0.123. The number of aromatic nitrogens is 3. The molecule has 1 amide bonds. The number of ether oxygens (including phenoxy) is 1. The number of hydrogen-bond acceptors (Lipinski definition) is 7. The highest BCUT2D eigenvalue weighted by Crippen LogP contribution is 2.18. The Kier molecular flexibility index (Phi) is 7.11. The lowest BCUT2D eigenvalue weighted by Crippen LogP contribution is -2.32. The predicted molar refractivity (Wildman–Crippen MR) is 135 cm³/mol. The van der Waals surface area contributed by atoms with Crippen LogP contribution in [0.2, 0.25) is 0 Å². The molecule has 0 bridgehead atoms. The van der Waals surface area contributed by atoms with Gasteiger partial charge in [-0.05, 0) is 31.5 Å². The van der Waals surface area contributed by atoms with E-state index in [-0.39, 0.29) is 16.9 Å². The molecule has 2 aromatic heterocycles. The van der Waals surface area contributed by atoms with Crippen molar-refractivity contribution in [2.24, 2.45) is 7.05 Å². The molecule has 0 aliphatic heterocycles. The molecule has 2 N–H and O–H groups in total. The number of thiazole rings is 1. The van der Waals surface area contributed by atoms with Crippen LogP contribution >= 0.6 is 11.3 Å². The summed E-state index contributed by atoms with van der Waals surface area (Å²) in [6, 6.07) is 18.9. The predicted octanol–water partition coefficient (Wildman–Crippen LogP) is 3.74. The number of para-hydroxylation sites is 1. The maximum Gasteiger partial charge on any atom is 0.358 e. The molecule has 9 nitrogen and oxygen atoms in total. The molecule has 0 aliphatic rings. The molecule has 4 aromatic rings. The number of carbonyl (C=O) groups excluding carboxylic acids is 2. The van der Waals surface area contributed by atoms with Crippen LogP contribution in [0.5, 0.6) is 0 Å². The fourth-order valence-corrected chi connectivity index (χ4v) is 4.11. The van der Waals surface area contributed by atoms with Crippen molar-refractivity contribution in [1.29, 1.82) is 0 Å². The zero-order valence-corrected chi connectivity index (χ0v) is 20.3. The number of anilines is 2. The van der Waals surface area contributed by atoms with Gasteiger partial charge in [0.1, 0.15) is 5.69 Å². The molecule has 35 heavy (non-hydrogen) atoms. The number of rotatable bonds is 8. The number of esters is 1. The summed E-state index contributed by atoms with van der Waals surface area (Å²) < 4.78 is 8.41. The molecular weight excluding hydrogens is 466 g/mol. The zero-order valence-electron chi connectivity index (χ0n) is 19.5. The second-order valence-corrected chi connectivity index (χ2v) is 8.71. The van der Waals surface area contributed by atoms with Crippen LogP contribution in [-0.2, 0) is 23.1 Å². The Bertz CT molecular complexity index is 1390. The number of hydrogen-bond donors (Lipinski definition) is 2. The molecule has 1 atom stereocenters. The van der Waals surface area contributed by atoms with Crippen LogP contribution in [0.15, 0.2) is 70.8 Å². The summed E-state index contributed by atoms with van der Waals surface area (Å²) in [7, 11) is 1.73. The molecule has 0 aliphatic carbocycles. The van der Waals surface area contributed by atoms with Crippen molar-refractivity contribution in [2.45, 2.75) is 26.5 Å². The Morgan fingerprint density at radius 3 is 2.43 bits per heavy atom. The largest absolute Gasteiger partial charge is 0.448 e. The smallest absolute Gasteiger partial charge is 0.358 e. The van der Waals surface area contributed by atoms with Gasteiger partial charge < -0.3 is 15.4 Å². The van der Waals surface area contributed by atoms with Gasteiger partial charge in [-0.3, -0.25) is 14.3 Å². The quantitative estimate of drug-likeness (QED) is 0.364. The number of nitrogens with zero attached hydrogens (tertiary/aromatic N) is 3.